The Labute approximate surface area is 183 Å². The Morgan fingerprint density at radius 3 is 2.72 bits per heavy atom. The molecule has 166 valence electrons. The largest absolute Gasteiger partial charge is 0.497 e. The minimum absolute atomic E-state index is 0.00382. The topological polar surface area (TPSA) is 135 Å². The Morgan fingerprint density at radius 1 is 1.19 bits per heavy atom. The molecule has 32 heavy (non-hydrogen) atoms. The molecule has 1 aromatic carbocycles. The molecule has 3 amide bonds. The third-order valence-corrected chi connectivity index (χ3v) is 5.27. The van der Waals surface area contributed by atoms with Crippen LogP contribution >= 0.6 is 0 Å². The first kappa shape index (κ1) is 21.3. The van der Waals surface area contributed by atoms with Gasteiger partial charge in [-0.15, -0.1) is 0 Å². The van der Waals surface area contributed by atoms with E-state index in [1.807, 2.05) is 13.0 Å². The highest BCUT2D eigenvalue weighted by Crippen LogP contribution is 2.34. The van der Waals surface area contributed by atoms with Gasteiger partial charge in [0.1, 0.15) is 23.4 Å². The maximum absolute atomic E-state index is 12.7. The highest BCUT2D eigenvalue weighted by Gasteiger charge is 2.28. The number of piperidine rings is 1. The van der Waals surface area contributed by atoms with E-state index in [2.05, 4.69) is 25.6 Å². The van der Waals surface area contributed by atoms with Gasteiger partial charge >= 0.3 is 0 Å². The predicted molar refractivity (Wildman–Crippen MR) is 115 cm³/mol. The Hall–Kier alpha value is -3.95. The number of fused-ring (bicyclic) bond motifs is 1. The van der Waals surface area contributed by atoms with Crippen LogP contribution in [0.2, 0.25) is 0 Å². The predicted octanol–water partition coefficient (Wildman–Crippen LogP) is 1.41. The van der Waals surface area contributed by atoms with Gasteiger partial charge in [0.15, 0.2) is 5.65 Å². The number of aromatic nitrogens is 3. The van der Waals surface area contributed by atoms with Gasteiger partial charge in [-0.25, -0.2) is 9.97 Å². The highest BCUT2D eigenvalue weighted by atomic mass is 16.5. The second kappa shape index (κ2) is 8.66. The summed E-state index contributed by atoms with van der Waals surface area (Å²) in [5, 5.41) is 4.95. The van der Waals surface area contributed by atoms with E-state index in [0.29, 0.717) is 39.7 Å². The number of carbonyl (C=O) groups excluding carboxylic acids is 3. The average molecular weight is 437 g/mol. The van der Waals surface area contributed by atoms with Crippen LogP contribution in [0.5, 0.6) is 11.5 Å². The van der Waals surface area contributed by atoms with Gasteiger partial charge in [-0.3, -0.25) is 19.7 Å². The van der Waals surface area contributed by atoms with E-state index in [9.17, 15) is 14.4 Å². The number of ether oxygens (including phenoxy) is 2. The van der Waals surface area contributed by atoms with Gasteiger partial charge in [0.25, 0.3) is 0 Å². The first-order valence-corrected chi connectivity index (χ1v) is 10.1. The highest BCUT2D eigenvalue weighted by molar-refractivity contribution is 6.02. The minimum atomic E-state index is -0.734. The van der Waals surface area contributed by atoms with Crippen LogP contribution in [0.25, 0.3) is 22.4 Å². The molecule has 1 atom stereocenters. The zero-order chi connectivity index (χ0) is 22.8. The standard InChI is InChI=1S/C22H23N5O5/c1-11-23-20-12(9-19(29)25-15-6-7-18(28)27-22(15)30)8-16(26-21(20)24-11)14-5-4-13(31-2)10-17(14)32-3/h4-5,8,10,15H,6-7,9H2,1-3H3,(H,25,29)(H,23,24,26)(H,27,28,30). The molecule has 1 saturated heterocycles. The van der Waals surface area contributed by atoms with E-state index in [0.717, 1.165) is 5.56 Å². The fourth-order valence-corrected chi connectivity index (χ4v) is 3.70. The van der Waals surface area contributed by atoms with Crippen molar-refractivity contribution >= 4 is 28.9 Å². The zero-order valence-corrected chi connectivity index (χ0v) is 17.9. The number of carbonyl (C=O) groups is 3. The molecule has 1 aliphatic heterocycles. The van der Waals surface area contributed by atoms with Crippen LogP contribution in [0.3, 0.4) is 0 Å². The summed E-state index contributed by atoms with van der Waals surface area (Å²) >= 11 is 0. The van der Waals surface area contributed by atoms with Crippen molar-refractivity contribution in [2.24, 2.45) is 0 Å². The van der Waals surface area contributed by atoms with E-state index >= 15 is 0 Å². The van der Waals surface area contributed by atoms with Crippen LogP contribution in [0, 0.1) is 6.92 Å². The van der Waals surface area contributed by atoms with Gasteiger partial charge in [0.2, 0.25) is 17.7 Å². The molecule has 1 aliphatic rings. The lowest BCUT2D eigenvalue weighted by Crippen LogP contribution is -2.52. The van der Waals surface area contributed by atoms with Crippen LogP contribution < -0.4 is 20.1 Å². The van der Waals surface area contributed by atoms with Crippen LogP contribution in [0.1, 0.15) is 24.2 Å². The first-order chi connectivity index (χ1) is 15.4. The number of imide groups is 1. The molecule has 1 fully saturated rings. The lowest BCUT2D eigenvalue weighted by molar-refractivity contribution is -0.137. The van der Waals surface area contributed by atoms with Crippen molar-refractivity contribution < 1.29 is 23.9 Å². The fraction of sp³-hybridized carbons (Fsp3) is 0.318. The fourth-order valence-electron chi connectivity index (χ4n) is 3.70. The van der Waals surface area contributed by atoms with Crippen molar-refractivity contribution in [1.29, 1.82) is 0 Å². The monoisotopic (exact) mass is 437 g/mol. The van der Waals surface area contributed by atoms with E-state index < -0.39 is 11.9 Å². The lowest BCUT2D eigenvalue weighted by atomic mass is 10.0. The lowest BCUT2D eigenvalue weighted by Gasteiger charge is -2.21. The van der Waals surface area contributed by atoms with Crippen molar-refractivity contribution in [2.45, 2.75) is 32.2 Å². The van der Waals surface area contributed by atoms with Gasteiger partial charge in [-0.1, -0.05) is 0 Å². The van der Waals surface area contributed by atoms with Gasteiger partial charge in [0.05, 0.1) is 31.9 Å². The van der Waals surface area contributed by atoms with E-state index in [4.69, 9.17) is 9.47 Å². The minimum Gasteiger partial charge on any atom is -0.497 e. The number of methoxy groups -OCH3 is 2. The second-order valence-electron chi connectivity index (χ2n) is 7.50. The molecule has 10 heteroatoms. The number of hydrogen-bond donors (Lipinski definition) is 3. The molecule has 3 N–H and O–H groups in total. The summed E-state index contributed by atoms with van der Waals surface area (Å²) in [4.78, 5) is 48.3. The Morgan fingerprint density at radius 2 is 2.00 bits per heavy atom. The van der Waals surface area contributed by atoms with Crippen molar-refractivity contribution in [3.63, 3.8) is 0 Å². The van der Waals surface area contributed by atoms with Crippen molar-refractivity contribution in [3.05, 3.63) is 35.7 Å². The summed E-state index contributed by atoms with van der Waals surface area (Å²) < 4.78 is 10.8. The summed E-state index contributed by atoms with van der Waals surface area (Å²) in [7, 11) is 3.13. The molecule has 0 spiro atoms. The molecule has 0 radical (unpaired) electrons. The van der Waals surface area contributed by atoms with Crippen molar-refractivity contribution in [3.8, 4) is 22.8 Å². The number of H-pyrrole nitrogens is 1. The quantitative estimate of drug-likeness (QED) is 0.496. The molecule has 0 aliphatic carbocycles. The number of imidazole rings is 1. The smallest absolute Gasteiger partial charge is 0.249 e. The van der Waals surface area contributed by atoms with Crippen molar-refractivity contribution in [2.75, 3.05) is 14.2 Å². The molecule has 0 saturated carbocycles. The number of rotatable bonds is 6. The molecule has 4 rings (SSSR count). The van der Waals surface area contributed by atoms with Crippen LogP contribution in [0.15, 0.2) is 24.3 Å². The summed E-state index contributed by atoms with van der Waals surface area (Å²) in [6, 6.07) is 6.45. The zero-order valence-electron chi connectivity index (χ0n) is 17.9. The number of nitrogens with zero attached hydrogens (tertiary/aromatic N) is 2. The number of amides is 3. The van der Waals surface area contributed by atoms with Gasteiger partial charge in [0, 0.05) is 18.1 Å². The SMILES string of the molecule is COc1ccc(-c2cc(CC(=O)NC3CCC(=O)NC3=O)c3[nH]c(C)nc3n2)c(OC)c1. The first-order valence-electron chi connectivity index (χ1n) is 10.1. The summed E-state index contributed by atoms with van der Waals surface area (Å²) in [5.74, 6) is 0.719. The molecular weight excluding hydrogens is 414 g/mol. The number of pyridine rings is 1. The van der Waals surface area contributed by atoms with Gasteiger partial charge in [-0.2, -0.15) is 0 Å². The molecule has 2 aromatic heterocycles. The number of aryl methyl sites for hydroxylation is 1. The van der Waals surface area contributed by atoms with E-state index in [1.54, 1.807) is 32.4 Å². The number of nitrogens with one attached hydrogen (secondary N) is 3. The summed E-state index contributed by atoms with van der Waals surface area (Å²) in [6.45, 7) is 1.81. The number of benzene rings is 1. The maximum atomic E-state index is 12.7. The van der Waals surface area contributed by atoms with Gasteiger partial charge < -0.3 is 19.8 Å². The average Bonchev–Trinajstić information content (AvgIpc) is 3.15. The molecule has 10 nitrogen and oxygen atoms in total. The molecule has 3 heterocycles. The molecule has 0 bridgehead atoms. The third-order valence-electron chi connectivity index (χ3n) is 5.27. The van der Waals surface area contributed by atoms with Crippen LogP contribution in [-0.4, -0.2) is 52.9 Å². The molecular formula is C22H23N5O5. The third kappa shape index (κ3) is 4.25. The molecule has 3 aromatic rings. The molecule has 1 unspecified atom stereocenters. The summed E-state index contributed by atoms with van der Waals surface area (Å²) in [6.07, 6.45) is 0.473. The van der Waals surface area contributed by atoms with E-state index in [1.165, 1.54) is 0 Å². The maximum Gasteiger partial charge on any atom is 0.249 e. The Bertz CT molecular complexity index is 1220. The normalized spacial score (nSPS) is 16.0. The number of hydrogen-bond acceptors (Lipinski definition) is 7. The van der Waals surface area contributed by atoms with Crippen LogP contribution in [0.4, 0.5) is 0 Å². The Kier molecular flexibility index (Phi) is 5.76. The van der Waals surface area contributed by atoms with Crippen LogP contribution in [-0.2, 0) is 20.8 Å². The van der Waals surface area contributed by atoms with E-state index in [-0.39, 0.29) is 31.1 Å². The van der Waals surface area contributed by atoms with Gasteiger partial charge in [-0.05, 0) is 37.1 Å². The summed E-state index contributed by atoms with van der Waals surface area (Å²) in [5.41, 5.74) is 3.11. The number of aromatic amines is 1. The Balaban J connectivity index is 1.66. The van der Waals surface area contributed by atoms with Crippen molar-refractivity contribution in [1.82, 2.24) is 25.6 Å². The second-order valence-corrected chi connectivity index (χ2v) is 7.50.